The third-order valence-electron chi connectivity index (χ3n) is 4.22. The van der Waals surface area contributed by atoms with Crippen molar-refractivity contribution in [3.63, 3.8) is 0 Å². The number of anilines is 1. The maximum absolute atomic E-state index is 6.04. The monoisotopic (exact) mass is 324 g/mol. The minimum atomic E-state index is 0.171. The number of piperidine rings is 1. The highest BCUT2D eigenvalue weighted by Gasteiger charge is 2.23. The smallest absolute Gasteiger partial charge is 0.225 e. The Bertz CT molecular complexity index is 833. The minimum Gasteiger partial charge on any atom is -0.474 e. The van der Waals surface area contributed by atoms with E-state index in [1.807, 2.05) is 38.2 Å². The molecule has 3 aromatic heterocycles. The van der Waals surface area contributed by atoms with Crippen LogP contribution in [0.15, 0.2) is 30.6 Å². The molecule has 24 heavy (non-hydrogen) atoms. The molecule has 0 radical (unpaired) electrons. The summed E-state index contributed by atoms with van der Waals surface area (Å²) in [4.78, 5) is 15.8. The molecule has 1 fully saturated rings. The van der Waals surface area contributed by atoms with Crippen LogP contribution in [-0.4, -0.2) is 43.8 Å². The van der Waals surface area contributed by atoms with Crippen LogP contribution < -0.4 is 9.64 Å². The number of aryl methyl sites for hydroxylation is 2. The molecule has 0 atom stereocenters. The van der Waals surface area contributed by atoms with Crippen LogP contribution in [0.1, 0.15) is 24.2 Å². The van der Waals surface area contributed by atoms with E-state index in [0.29, 0.717) is 5.88 Å². The third kappa shape index (κ3) is 3.02. The predicted octanol–water partition coefficient (Wildman–Crippen LogP) is 2.18. The average Bonchev–Trinajstić information content (AvgIpc) is 3.02. The largest absolute Gasteiger partial charge is 0.474 e. The van der Waals surface area contributed by atoms with E-state index in [4.69, 9.17) is 4.74 Å². The second-order valence-corrected chi connectivity index (χ2v) is 6.15. The van der Waals surface area contributed by atoms with E-state index < -0.39 is 0 Å². The van der Waals surface area contributed by atoms with Gasteiger partial charge in [0.15, 0.2) is 5.65 Å². The molecule has 4 rings (SSSR count). The number of aromatic nitrogens is 5. The van der Waals surface area contributed by atoms with Crippen molar-refractivity contribution in [2.75, 3.05) is 18.0 Å². The summed E-state index contributed by atoms with van der Waals surface area (Å²) in [6.07, 6.45) is 5.64. The van der Waals surface area contributed by atoms with Crippen LogP contribution >= 0.6 is 0 Å². The molecule has 3 aromatic rings. The topological polar surface area (TPSA) is 68.4 Å². The van der Waals surface area contributed by atoms with Gasteiger partial charge in [0.05, 0.1) is 6.20 Å². The van der Waals surface area contributed by atoms with Gasteiger partial charge in [-0.3, -0.25) is 0 Å². The number of ether oxygens (including phenoxy) is 1. The zero-order chi connectivity index (χ0) is 16.5. The molecule has 0 saturated carbocycles. The molecular formula is C17H20N6O. The van der Waals surface area contributed by atoms with E-state index in [2.05, 4.69) is 25.0 Å². The van der Waals surface area contributed by atoms with Crippen molar-refractivity contribution in [1.29, 1.82) is 0 Å². The van der Waals surface area contributed by atoms with Crippen LogP contribution in [0.25, 0.3) is 5.65 Å². The average molecular weight is 324 g/mol. The second-order valence-electron chi connectivity index (χ2n) is 6.15. The van der Waals surface area contributed by atoms with Crippen LogP contribution in [0, 0.1) is 13.8 Å². The fourth-order valence-corrected chi connectivity index (χ4v) is 3.05. The van der Waals surface area contributed by atoms with E-state index in [9.17, 15) is 0 Å². The van der Waals surface area contributed by atoms with Crippen molar-refractivity contribution in [1.82, 2.24) is 24.6 Å². The highest BCUT2D eigenvalue weighted by atomic mass is 16.5. The molecule has 1 aliphatic rings. The Hall–Kier alpha value is -2.70. The molecule has 7 heteroatoms. The molecule has 0 bridgehead atoms. The van der Waals surface area contributed by atoms with Gasteiger partial charge in [-0.15, -0.1) is 0 Å². The summed E-state index contributed by atoms with van der Waals surface area (Å²) in [5.74, 6) is 1.48. The number of fused-ring (bicyclic) bond motifs is 1. The van der Waals surface area contributed by atoms with Crippen LogP contribution in [0.2, 0.25) is 0 Å². The van der Waals surface area contributed by atoms with Crippen molar-refractivity contribution >= 4 is 11.6 Å². The summed E-state index contributed by atoms with van der Waals surface area (Å²) in [7, 11) is 0. The van der Waals surface area contributed by atoms with Crippen LogP contribution in [-0.2, 0) is 0 Å². The van der Waals surface area contributed by atoms with Crippen LogP contribution in [0.4, 0.5) is 5.95 Å². The van der Waals surface area contributed by atoms with Gasteiger partial charge in [0.25, 0.3) is 0 Å². The van der Waals surface area contributed by atoms with Gasteiger partial charge in [0.1, 0.15) is 6.10 Å². The number of hydrogen-bond acceptors (Lipinski definition) is 6. The first-order valence-corrected chi connectivity index (χ1v) is 8.22. The molecule has 0 spiro atoms. The Labute approximate surface area is 140 Å². The second kappa shape index (κ2) is 6.07. The standard InChI is InChI=1S/C17H20N6O/c1-12-11-13(2)20-17(19-12)22-8-4-14(5-9-22)24-16-6-10-23-15(21-16)3-7-18-23/h3,6-7,10-11,14H,4-5,8-9H2,1-2H3. The minimum absolute atomic E-state index is 0.171. The Morgan fingerprint density at radius 3 is 2.54 bits per heavy atom. The molecule has 7 nitrogen and oxygen atoms in total. The van der Waals surface area contributed by atoms with Gasteiger partial charge >= 0.3 is 0 Å². The Kier molecular flexibility index (Phi) is 3.76. The molecule has 1 saturated heterocycles. The highest BCUT2D eigenvalue weighted by Crippen LogP contribution is 2.21. The van der Waals surface area contributed by atoms with Gasteiger partial charge in [0, 0.05) is 55.6 Å². The maximum Gasteiger partial charge on any atom is 0.225 e. The van der Waals surface area contributed by atoms with Gasteiger partial charge < -0.3 is 9.64 Å². The van der Waals surface area contributed by atoms with Gasteiger partial charge in [-0.2, -0.15) is 10.1 Å². The fourth-order valence-electron chi connectivity index (χ4n) is 3.05. The third-order valence-corrected chi connectivity index (χ3v) is 4.22. The first kappa shape index (κ1) is 14.9. The number of rotatable bonds is 3. The number of nitrogens with zero attached hydrogens (tertiary/aromatic N) is 6. The van der Waals surface area contributed by atoms with E-state index >= 15 is 0 Å². The molecule has 124 valence electrons. The zero-order valence-corrected chi connectivity index (χ0v) is 13.9. The Morgan fingerprint density at radius 1 is 1.04 bits per heavy atom. The van der Waals surface area contributed by atoms with Crippen LogP contribution in [0.3, 0.4) is 0 Å². The molecule has 0 aromatic carbocycles. The molecule has 4 heterocycles. The van der Waals surface area contributed by atoms with Crippen molar-refractivity contribution in [3.8, 4) is 5.88 Å². The summed E-state index contributed by atoms with van der Waals surface area (Å²) in [6.45, 7) is 5.80. The lowest BCUT2D eigenvalue weighted by Gasteiger charge is -2.32. The lowest BCUT2D eigenvalue weighted by Crippen LogP contribution is -2.39. The molecule has 1 aliphatic heterocycles. The van der Waals surface area contributed by atoms with E-state index in [-0.39, 0.29) is 6.10 Å². The number of hydrogen-bond donors (Lipinski definition) is 0. The Balaban J connectivity index is 1.40. The highest BCUT2D eigenvalue weighted by molar-refractivity contribution is 5.38. The summed E-state index contributed by atoms with van der Waals surface area (Å²) < 4.78 is 7.77. The van der Waals surface area contributed by atoms with E-state index in [1.165, 1.54) is 0 Å². The van der Waals surface area contributed by atoms with Crippen molar-refractivity contribution in [2.24, 2.45) is 0 Å². The molecular weight excluding hydrogens is 304 g/mol. The molecule has 0 N–H and O–H groups in total. The van der Waals surface area contributed by atoms with Gasteiger partial charge in [-0.25, -0.2) is 14.5 Å². The van der Waals surface area contributed by atoms with E-state index in [1.54, 1.807) is 10.7 Å². The summed E-state index contributed by atoms with van der Waals surface area (Å²) in [5, 5.41) is 4.14. The van der Waals surface area contributed by atoms with E-state index in [0.717, 1.165) is 48.9 Å². The van der Waals surface area contributed by atoms with Crippen molar-refractivity contribution in [3.05, 3.63) is 42.0 Å². The maximum atomic E-state index is 6.04. The SMILES string of the molecule is Cc1cc(C)nc(N2CCC(Oc3ccn4nccc4n3)CC2)n1. The lowest BCUT2D eigenvalue weighted by molar-refractivity contribution is 0.163. The van der Waals surface area contributed by atoms with Crippen LogP contribution in [0.5, 0.6) is 5.88 Å². The fraction of sp³-hybridized carbons (Fsp3) is 0.412. The molecule has 0 unspecified atom stereocenters. The lowest BCUT2D eigenvalue weighted by atomic mass is 10.1. The zero-order valence-electron chi connectivity index (χ0n) is 13.9. The molecule has 0 aliphatic carbocycles. The predicted molar refractivity (Wildman–Crippen MR) is 90.4 cm³/mol. The first-order valence-electron chi connectivity index (χ1n) is 8.22. The molecule has 0 amide bonds. The summed E-state index contributed by atoms with van der Waals surface area (Å²) >= 11 is 0. The quantitative estimate of drug-likeness (QED) is 0.735. The van der Waals surface area contributed by atoms with Crippen molar-refractivity contribution < 1.29 is 4.74 Å². The Morgan fingerprint density at radius 2 is 1.79 bits per heavy atom. The van der Waals surface area contributed by atoms with Gasteiger partial charge in [-0.05, 0) is 19.9 Å². The van der Waals surface area contributed by atoms with Crippen molar-refractivity contribution in [2.45, 2.75) is 32.8 Å². The van der Waals surface area contributed by atoms with Gasteiger partial charge in [0.2, 0.25) is 11.8 Å². The normalized spacial score (nSPS) is 15.8. The summed E-state index contributed by atoms with van der Waals surface area (Å²) in [5.41, 5.74) is 2.82. The summed E-state index contributed by atoms with van der Waals surface area (Å²) in [6, 6.07) is 5.73. The van der Waals surface area contributed by atoms with Gasteiger partial charge in [-0.1, -0.05) is 0 Å². The first-order chi connectivity index (χ1) is 11.7.